The summed E-state index contributed by atoms with van der Waals surface area (Å²) in [5.41, 5.74) is 0. The quantitative estimate of drug-likeness (QED) is 0.127. The van der Waals surface area contributed by atoms with Crippen LogP contribution in [-0.4, -0.2) is 69.8 Å². The molecule has 0 saturated heterocycles. The molecule has 0 aromatic rings. The fraction of sp³-hybridized carbons (Fsp3) is 1.00. The maximum atomic E-state index is 11.7. The van der Waals surface area contributed by atoms with Gasteiger partial charge < -0.3 is 28.3 Å². The summed E-state index contributed by atoms with van der Waals surface area (Å²) in [5, 5.41) is 9.81. The lowest BCUT2D eigenvalue weighted by atomic mass is 10.0. The molecule has 0 heterocycles. The molecule has 0 fully saturated rings. The van der Waals surface area contributed by atoms with Crippen LogP contribution in [0.3, 0.4) is 0 Å². The molecule has 0 aromatic heterocycles. The highest BCUT2D eigenvalue weighted by molar-refractivity contribution is 7.45. The number of rotatable bonds is 23. The van der Waals surface area contributed by atoms with Crippen LogP contribution in [0.1, 0.15) is 90.9 Å². The van der Waals surface area contributed by atoms with Crippen LogP contribution in [0.15, 0.2) is 0 Å². The topological polar surface area (TPSA) is 88.0 Å². The molecule has 0 bridgehead atoms. The molecule has 7 nitrogen and oxygen atoms in total. The molecule has 1 unspecified atom stereocenters. The zero-order valence-corrected chi connectivity index (χ0v) is 22.5. The van der Waals surface area contributed by atoms with Crippen LogP contribution in [-0.2, 0) is 18.3 Å². The summed E-state index contributed by atoms with van der Waals surface area (Å²) in [6, 6.07) is 0. The molecular weight excluding hydrogens is 429 g/mol. The second-order valence-corrected chi connectivity index (χ2v) is 11.8. The molecule has 1 N–H and O–H groups in total. The Bertz CT molecular complexity index is 470. The highest BCUT2D eigenvalue weighted by Gasteiger charge is 2.15. The smallest absolute Gasteiger partial charge is 0.268 e. The van der Waals surface area contributed by atoms with Crippen molar-refractivity contribution in [2.45, 2.75) is 97.0 Å². The first-order chi connectivity index (χ1) is 15.0. The maximum Gasteiger partial charge on any atom is 0.268 e. The summed E-state index contributed by atoms with van der Waals surface area (Å²) in [7, 11) is 1.44. The number of aliphatic hydroxyl groups is 1. The van der Waals surface area contributed by atoms with Gasteiger partial charge in [-0.3, -0.25) is 4.57 Å². The Kier molecular flexibility index (Phi) is 19.3. The van der Waals surface area contributed by atoms with E-state index >= 15 is 0 Å². The highest BCUT2D eigenvalue weighted by atomic mass is 31.2. The SMILES string of the molecule is CC(C)CCCCCCCCCCCCCOC[C@@H](O)COP(=O)([O-])OCC[N+](C)(C)C. The van der Waals surface area contributed by atoms with Crippen LogP contribution in [0.25, 0.3) is 0 Å². The molecule has 0 aliphatic rings. The average Bonchev–Trinajstić information content (AvgIpc) is 2.68. The second kappa shape index (κ2) is 19.3. The van der Waals surface area contributed by atoms with Gasteiger partial charge in [0.1, 0.15) is 19.3 Å². The second-order valence-electron chi connectivity index (χ2n) is 10.4. The van der Waals surface area contributed by atoms with Crippen LogP contribution in [0.4, 0.5) is 0 Å². The first-order valence-electron chi connectivity index (χ1n) is 12.7. The van der Waals surface area contributed by atoms with Crippen molar-refractivity contribution in [3.8, 4) is 0 Å². The van der Waals surface area contributed by atoms with Crippen LogP contribution in [0.2, 0.25) is 0 Å². The van der Waals surface area contributed by atoms with Crippen molar-refractivity contribution in [2.75, 3.05) is 54.1 Å². The molecule has 2 atom stereocenters. The number of likely N-dealkylation sites (N-methyl/N-ethyl adjacent to an activating group) is 1. The minimum Gasteiger partial charge on any atom is -0.756 e. The third-order valence-corrected chi connectivity index (χ3v) is 6.28. The number of hydrogen-bond donors (Lipinski definition) is 1. The monoisotopic (exact) mass is 481 g/mol. The number of phosphoric acid groups is 1. The molecule has 0 spiro atoms. The Morgan fingerprint density at radius 2 is 1.28 bits per heavy atom. The Morgan fingerprint density at radius 3 is 1.78 bits per heavy atom. The zero-order chi connectivity index (χ0) is 24.3. The van der Waals surface area contributed by atoms with Gasteiger partial charge in [-0.1, -0.05) is 84.5 Å². The molecule has 8 heteroatoms. The van der Waals surface area contributed by atoms with Gasteiger partial charge in [0.15, 0.2) is 0 Å². The van der Waals surface area contributed by atoms with E-state index in [1.807, 2.05) is 21.1 Å². The predicted molar refractivity (Wildman–Crippen MR) is 129 cm³/mol. The number of unbranched alkanes of at least 4 members (excludes halogenated alkanes) is 10. The predicted octanol–water partition coefficient (Wildman–Crippen LogP) is 4.91. The molecule has 32 heavy (non-hydrogen) atoms. The summed E-state index contributed by atoms with van der Waals surface area (Å²) in [6.07, 6.45) is 14.5. The fourth-order valence-electron chi connectivity index (χ4n) is 3.26. The van der Waals surface area contributed by atoms with E-state index in [-0.39, 0.29) is 19.8 Å². The standard InChI is InChI=1S/C24H52NO6P/c1-23(2)17-15-13-11-9-7-6-8-10-12-14-16-19-29-21-24(26)22-31-32(27,28)30-20-18-25(3,4)5/h23-24,26H,6-22H2,1-5H3/t24-/m1/s1. The summed E-state index contributed by atoms with van der Waals surface area (Å²) in [4.78, 5) is 11.7. The Labute approximate surface area is 198 Å². The van der Waals surface area contributed by atoms with E-state index in [9.17, 15) is 14.6 Å². The van der Waals surface area contributed by atoms with E-state index in [0.29, 0.717) is 17.6 Å². The van der Waals surface area contributed by atoms with Crippen LogP contribution >= 0.6 is 7.82 Å². The van der Waals surface area contributed by atoms with Crippen LogP contribution in [0.5, 0.6) is 0 Å². The first kappa shape index (κ1) is 32.0. The van der Waals surface area contributed by atoms with Gasteiger partial charge >= 0.3 is 0 Å². The third kappa shape index (κ3) is 24.6. The molecule has 0 aliphatic heterocycles. The Morgan fingerprint density at radius 1 is 0.781 bits per heavy atom. The van der Waals surface area contributed by atoms with Gasteiger partial charge in [0, 0.05) is 6.61 Å². The van der Waals surface area contributed by atoms with E-state index in [0.717, 1.165) is 18.8 Å². The van der Waals surface area contributed by atoms with Gasteiger partial charge in [0.25, 0.3) is 7.82 Å². The van der Waals surface area contributed by atoms with Crippen molar-refractivity contribution in [2.24, 2.45) is 5.92 Å². The van der Waals surface area contributed by atoms with Gasteiger partial charge in [0.05, 0.1) is 34.4 Å². The fourth-order valence-corrected chi connectivity index (χ4v) is 3.99. The lowest BCUT2D eigenvalue weighted by Gasteiger charge is -2.27. The lowest BCUT2D eigenvalue weighted by Crippen LogP contribution is -2.37. The zero-order valence-electron chi connectivity index (χ0n) is 21.6. The van der Waals surface area contributed by atoms with Crippen molar-refractivity contribution < 1.29 is 32.8 Å². The van der Waals surface area contributed by atoms with E-state index < -0.39 is 13.9 Å². The average molecular weight is 482 g/mol. The minimum atomic E-state index is -4.39. The molecule has 0 radical (unpaired) electrons. The van der Waals surface area contributed by atoms with E-state index in [2.05, 4.69) is 13.8 Å². The number of ether oxygens (including phenoxy) is 1. The minimum absolute atomic E-state index is 0.0509. The van der Waals surface area contributed by atoms with Gasteiger partial charge in [-0.05, 0) is 12.3 Å². The number of quaternary nitrogens is 1. The number of aliphatic hydroxyl groups excluding tert-OH is 1. The molecule has 0 aliphatic carbocycles. The third-order valence-electron chi connectivity index (χ3n) is 5.32. The van der Waals surface area contributed by atoms with E-state index in [4.69, 9.17) is 13.8 Å². The Balaban J connectivity index is 3.42. The lowest BCUT2D eigenvalue weighted by molar-refractivity contribution is -0.870. The number of hydrogen-bond acceptors (Lipinski definition) is 6. The molecular formula is C24H52NO6P. The van der Waals surface area contributed by atoms with E-state index in [1.165, 1.54) is 64.2 Å². The summed E-state index contributed by atoms with van der Waals surface area (Å²) in [5.74, 6) is 0.839. The van der Waals surface area contributed by atoms with Crippen molar-refractivity contribution in [3.63, 3.8) is 0 Å². The summed E-state index contributed by atoms with van der Waals surface area (Å²) < 4.78 is 27.2. The molecule has 0 saturated carbocycles. The molecule has 194 valence electrons. The van der Waals surface area contributed by atoms with Gasteiger partial charge in [-0.2, -0.15) is 0 Å². The Hall–Kier alpha value is -0.0100. The van der Waals surface area contributed by atoms with Gasteiger partial charge in [0.2, 0.25) is 0 Å². The number of nitrogens with zero attached hydrogens (tertiary/aromatic N) is 1. The van der Waals surface area contributed by atoms with Crippen molar-refractivity contribution in [1.82, 2.24) is 0 Å². The van der Waals surface area contributed by atoms with Gasteiger partial charge in [-0.25, -0.2) is 0 Å². The molecule has 0 rings (SSSR count). The van der Waals surface area contributed by atoms with Crippen LogP contribution in [0, 0.1) is 5.92 Å². The first-order valence-corrected chi connectivity index (χ1v) is 14.1. The van der Waals surface area contributed by atoms with Crippen molar-refractivity contribution in [3.05, 3.63) is 0 Å². The maximum absolute atomic E-state index is 11.7. The van der Waals surface area contributed by atoms with Crippen molar-refractivity contribution >= 4 is 7.82 Å². The van der Waals surface area contributed by atoms with Crippen LogP contribution < -0.4 is 4.89 Å². The number of phosphoric ester groups is 1. The molecule has 0 aromatic carbocycles. The molecule has 0 amide bonds. The van der Waals surface area contributed by atoms with Gasteiger partial charge in [-0.15, -0.1) is 0 Å². The highest BCUT2D eigenvalue weighted by Crippen LogP contribution is 2.38. The normalized spacial score (nSPS) is 15.2. The summed E-state index contributed by atoms with van der Waals surface area (Å²) >= 11 is 0. The summed E-state index contributed by atoms with van der Waals surface area (Å²) in [6.45, 7) is 5.48. The van der Waals surface area contributed by atoms with E-state index in [1.54, 1.807) is 0 Å². The van der Waals surface area contributed by atoms with Crippen molar-refractivity contribution in [1.29, 1.82) is 0 Å². The largest absolute Gasteiger partial charge is 0.756 e.